The maximum absolute atomic E-state index is 14.3. The molecule has 1 aromatic carbocycles. The number of halogens is 2. The molecule has 1 spiro atoms. The third-order valence-corrected chi connectivity index (χ3v) is 8.49. The quantitative estimate of drug-likeness (QED) is 0.250. The zero-order chi connectivity index (χ0) is 33.4. The first-order valence-corrected chi connectivity index (χ1v) is 15.0. The summed E-state index contributed by atoms with van der Waals surface area (Å²) in [4.78, 5) is 61.1. The number of nitrogens with zero attached hydrogens (tertiary/aromatic N) is 4. The summed E-state index contributed by atoms with van der Waals surface area (Å²) in [5, 5.41) is 6.68. The first kappa shape index (κ1) is 32.9. The molecule has 4 heterocycles. The van der Waals surface area contributed by atoms with Gasteiger partial charge in [-0.2, -0.15) is 0 Å². The molecule has 2 amide bonds. The van der Waals surface area contributed by atoms with Crippen molar-refractivity contribution in [2.45, 2.75) is 57.3 Å². The van der Waals surface area contributed by atoms with Gasteiger partial charge in [-0.1, -0.05) is 11.2 Å². The highest BCUT2D eigenvalue weighted by Crippen LogP contribution is 2.46. The highest BCUT2D eigenvalue weighted by Gasteiger charge is 2.54. The van der Waals surface area contributed by atoms with Gasteiger partial charge in [0, 0.05) is 43.4 Å². The number of rotatable bonds is 9. The molecule has 15 heteroatoms. The molecule has 0 aliphatic carbocycles. The number of aromatic nitrogens is 1. The van der Waals surface area contributed by atoms with Gasteiger partial charge in [0.05, 0.1) is 32.9 Å². The van der Waals surface area contributed by atoms with E-state index in [0.29, 0.717) is 36.4 Å². The van der Waals surface area contributed by atoms with E-state index < -0.39 is 64.8 Å². The molecule has 3 atom stereocenters. The summed E-state index contributed by atoms with van der Waals surface area (Å²) >= 11 is 0. The SMILES string of the molecule is CC1=NO[C@@]2(CC[C@H](C)N3C[C@H]2n2cc(C(=O)NCc4ccc(F)cc4F)c(=O)c(OCOC(=O)OCC[N+](C)(C)C)c2C3=O)C1. The molecule has 1 aromatic heterocycles. The van der Waals surface area contributed by atoms with E-state index in [1.54, 1.807) is 4.90 Å². The van der Waals surface area contributed by atoms with Gasteiger partial charge in [0.15, 0.2) is 11.3 Å². The number of amides is 2. The Bertz CT molecular complexity index is 1640. The van der Waals surface area contributed by atoms with Gasteiger partial charge in [-0.3, -0.25) is 14.4 Å². The van der Waals surface area contributed by atoms with Gasteiger partial charge < -0.3 is 38.3 Å². The van der Waals surface area contributed by atoms with Crippen LogP contribution < -0.4 is 15.5 Å². The fraction of sp³-hybridized carbons (Fsp3) is 0.516. The maximum Gasteiger partial charge on any atom is 0.511 e. The van der Waals surface area contributed by atoms with Crippen LogP contribution in [0.5, 0.6) is 5.75 Å². The van der Waals surface area contributed by atoms with Gasteiger partial charge in [-0.25, -0.2) is 13.6 Å². The molecule has 248 valence electrons. The number of benzene rings is 1. The molecule has 46 heavy (non-hydrogen) atoms. The van der Waals surface area contributed by atoms with Crippen molar-refractivity contribution in [3.8, 4) is 5.75 Å². The van der Waals surface area contributed by atoms with E-state index in [0.717, 1.165) is 11.8 Å². The second-order valence-corrected chi connectivity index (χ2v) is 12.9. The molecule has 0 unspecified atom stereocenters. The molecule has 13 nitrogen and oxygen atoms in total. The van der Waals surface area contributed by atoms with Crippen molar-refractivity contribution in [2.75, 3.05) is 47.6 Å². The van der Waals surface area contributed by atoms with E-state index in [-0.39, 0.29) is 37.0 Å². The minimum Gasteiger partial charge on any atom is -0.451 e. The Morgan fingerprint density at radius 1 is 1.20 bits per heavy atom. The lowest BCUT2D eigenvalue weighted by atomic mass is 9.84. The van der Waals surface area contributed by atoms with Gasteiger partial charge in [0.2, 0.25) is 18.0 Å². The summed E-state index contributed by atoms with van der Waals surface area (Å²) in [7, 11) is 5.77. The first-order chi connectivity index (χ1) is 21.7. The number of hydrogen-bond donors (Lipinski definition) is 1. The Morgan fingerprint density at radius 3 is 2.63 bits per heavy atom. The van der Waals surface area contributed by atoms with Crippen molar-refractivity contribution in [2.24, 2.45) is 5.16 Å². The number of nitrogens with one attached hydrogen (secondary N) is 1. The van der Waals surface area contributed by atoms with E-state index in [1.165, 1.54) is 16.8 Å². The number of carbonyl (C=O) groups excluding carboxylic acids is 3. The largest absolute Gasteiger partial charge is 0.511 e. The molecule has 0 radical (unpaired) electrons. The van der Waals surface area contributed by atoms with Crippen molar-refractivity contribution in [3.05, 3.63) is 63.1 Å². The van der Waals surface area contributed by atoms with Crippen LogP contribution in [0.15, 0.2) is 34.3 Å². The van der Waals surface area contributed by atoms with Crippen molar-refractivity contribution in [3.63, 3.8) is 0 Å². The molecule has 3 aliphatic rings. The van der Waals surface area contributed by atoms with Crippen LogP contribution in [-0.2, 0) is 20.9 Å². The van der Waals surface area contributed by atoms with Gasteiger partial charge in [-0.15, -0.1) is 0 Å². The lowest BCUT2D eigenvalue weighted by Crippen LogP contribution is -2.52. The molecule has 2 bridgehead atoms. The second-order valence-electron chi connectivity index (χ2n) is 12.9. The van der Waals surface area contributed by atoms with Crippen LogP contribution >= 0.6 is 0 Å². The number of quaternary nitrogens is 1. The van der Waals surface area contributed by atoms with Crippen molar-refractivity contribution >= 4 is 23.7 Å². The van der Waals surface area contributed by atoms with E-state index in [1.807, 2.05) is 35.0 Å². The number of likely N-dealkylation sites (N-methyl/N-ethyl adjacent to an activating group) is 1. The second kappa shape index (κ2) is 12.7. The Balaban J connectivity index is 1.50. The zero-order valence-corrected chi connectivity index (χ0v) is 26.4. The number of pyridine rings is 1. The number of oxime groups is 1. The predicted octanol–water partition coefficient (Wildman–Crippen LogP) is 2.97. The average molecular weight is 647 g/mol. The summed E-state index contributed by atoms with van der Waals surface area (Å²) < 4.78 is 45.5. The smallest absolute Gasteiger partial charge is 0.451 e. The summed E-state index contributed by atoms with van der Waals surface area (Å²) in [5.74, 6) is -3.54. The fourth-order valence-corrected chi connectivity index (χ4v) is 5.92. The van der Waals surface area contributed by atoms with Gasteiger partial charge >= 0.3 is 6.16 Å². The van der Waals surface area contributed by atoms with Crippen LogP contribution in [0.25, 0.3) is 0 Å². The van der Waals surface area contributed by atoms with Crippen LogP contribution in [0.3, 0.4) is 0 Å². The van der Waals surface area contributed by atoms with Gasteiger partial charge in [-0.05, 0) is 32.8 Å². The standard InChI is InChI=1S/C31H37F2N5O8/c1-18-13-31(46-35-18)9-8-19(2)36-16-24(31)37-15-22(28(40)34-14-20-6-7-21(32)12-23(20)33)26(39)27(25(37)29(36)41)44-17-45-30(42)43-11-10-38(3,4)5/h6-7,12,15,19,24H,8-11,13-14,16-17H2,1-5H3/p+1/t19-,24+,31-/m0/s1. The number of ether oxygens (including phenoxy) is 3. The summed E-state index contributed by atoms with van der Waals surface area (Å²) in [6.45, 7) is 3.40. The minimum atomic E-state index is -1.04. The van der Waals surface area contributed by atoms with Crippen LogP contribution in [0.4, 0.5) is 13.6 Å². The van der Waals surface area contributed by atoms with Crippen LogP contribution in [-0.4, -0.2) is 96.9 Å². The normalized spacial score (nSPS) is 22.0. The molecule has 1 fully saturated rings. The first-order valence-electron chi connectivity index (χ1n) is 15.0. The van der Waals surface area contributed by atoms with Crippen molar-refractivity contribution in [1.82, 2.24) is 14.8 Å². The number of fused-ring (bicyclic) bond motifs is 5. The molecule has 3 aliphatic heterocycles. The maximum atomic E-state index is 14.3. The lowest BCUT2D eigenvalue weighted by molar-refractivity contribution is -0.870. The summed E-state index contributed by atoms with van der Waals surface area (Å²) in [6, 6.07) is 2.13. The van der Waals surface area contributed by atoms with Crippen molar-refractivity contribution in [1.29, 1.82) is 0 Å². The Hall–Kier alpha value is -4.53. The molecule has 1 N–H and O–H groups in total. The highest BCUT2D eigenvalue weighted by molar-refractivity contribution is 5.99. The molecule has 0 saturated carbocycles. The average Bonchev–Trinajstić information content (AvgIpc) is 3.31. The number of hydrogen-bond acceptors (Lipinski definition) is 9. The van der Waals surface area contributed by atoms with E-state index in [4.69, 9.17) is 19.0 Å². The Kier molecular flexibility index (Phi) is 9.07. The zero-order valence-electron chi connectivity index (χ0n) is 26.4. The monoisotopic (exact) mass is 646 g/mol. The Labute approximate surface area is 264 Å². The van der Waals surface area contributed by atoms with E-state index >= 15 is 0 Å². The lowest BCUT2D eigenvalue weighted by Gasteiger charge is -2.42. The van der Waals surface area contributed by atoms with Gasteiger partial charge in [0.25, 0.3) is 11.8 Å². The Morgan fingerprint density at radius 2 is 1.96 bits per heavy atom. The van der Waals surface area contributed by atoms with Crippen LogP contribution in [0.1, 0.15) is 65.6 Å². The topological polar surface area (TPSA) is 138 Å². The van der Waals surface area contributed by atoms with Crippen molar-refractivity contribution < 1.29 is 46.7 Å². The third kappa shape index (κ3) is 6.69. The fourth-order valence-electron chi connectivity index (χ4n) is 5.92. The molecule has 5 rings (SSSR count). The minimum absolute atomic E-state index is 0.00373. The van der Waals surface area contributed by atoms with E-state index in [9.17, 15) is 28.0 Å². The molecule has 2 aromatic rings. The number of carbonyl (C=O) groups is 3. The molecular weight excluding hydrogens is 608 g/mol. The molecular formula is C31H38F2N5O8+. The predicted molar refractivity (Wildman–Crippen MR) is 159 cm³/mol. The van der Waals surface area contributed by atoms with Crippen LogP contribution in [0, 0.1) is 11.6 Å². The summed E-state index contributed by atoms with van der Waals surface area (Å²) in [5.41, 5.74) is -1.60. The molecule has 1 saturated heterocycles. The highest BCUT2D eigenvalue weighted by atomic mass is 19.1. The van der Waals surface area contributed by atoms with Crippen LogP contribution in [0.2, 0.25) is 0 Å². The van der Waals surface area contributed by atoms with Gasteiger partial charge in [0.1, 0.15) is 30.3 Å². The third-order valence-electron chi connectivity index (χ3n) is 8.49. The summed E-state index contributed by atoms with van der Waals surface area (Å²) in [6.07, 6.45) is 1.83. The van der Waals surface area contributed by atoms with E-state index in [2.05, 4.69) is 10.5 Å².